The first-order chi connectivity index (χ1) is 19.5. The molecule has 1 aromatic rings. The van der Waals surface area contributed by atoms with E-state index >= 15 is 0 Å². The van der Waals surface area contributed by atoms with Crippen LogP contribution in [0.1, 0.15) is 41.0 Å². The number of aromatic amines is 1. The number of halogens is 1. The van der Waals surface area contributed by atoms with Gasteiger partial charge in [0.1, 0.15) is 18.8 Å². The Balaban J connectivity index is 2.95. The summed E-state index contributed by atoms with van der Waals surface area (Å²) in [6, 6.07) is -1.51. The van der Waals surface area contributed by atoms with Gasteiger partial charge in [-0.15, -0.1) is 0 Å². The van der Waals surface area contributed by atoms with E-state index in [1.165, 1.54) is 0 Å². The summed E-state index contributed by atoms with van der Waals surface area (Å²) >= 11 is 0. The van der Waals surface area contributed by atoms with E-state index in [4.69, 9.17) is 28.4 Å². The fraction of sp³-hybridized carbons (Fsp3) is 0.583. The first-order valence-corrected chi connectivity index (χ1v) is 12.2. The van der Waals surface area contributed by atoms with Crippen LogP contribution in [0.5, 0.6) is 0 Å². The molecule has 0 radical (unpaired) electrons. The molecule has 0 spiro atoms. The van der Waals surface area contributed by atoms with Crippen LogP contribution in [0.15, 0.2) is 15.8 Å². The van der Waals surface area contributed by atoms with Gasteiger partial charge in [0.2, 0.25) is 11.7 Å². The molecule has 2 N–H and O–H groups in total. The summed E-state index contributed by atoms with van der Waals surface area (Å²) in [5, 5.41) is 2.44. The first kappa shape index (κ1) is 33.6. The molecule has 0 bridgehead atoms. The summed E-state index contributed by atoms with van der Waals surface area (Å²) < 4.78 is 46.5. The van der Waals surface area contributed by atoms with E-state index in [0.29, 0.717) is 10.8 Å². The Hall–Kier alpha value is -4.61. The molecule has 2 heterocycles. The van der Waals surface area contributed by atoms with E-state index < -0.39 is 102 Å². The van der Waals surface area contributed by atoms with E-state index in [2.05, 4.69) is 5.32 Å². The summed E-state index contributed by atoms with van der Waals surface area (Å²) in [7, 11) is 0.877. The van der Waals surface area contributed by atoms with Crippen molar-refractivity contribution < 1.29 is 61.6 Å². The SMILES string of the molecule is COC(=O)[C@@]1(n2cc(F)c(=O)[nH]c2=O)C[C@H](OC(C)=O)[C@@H](NC(C)=O)[C@H]([C@@H](OC(C)=O)[C@@H](COC(C)=O)OC(C)=O)O1. The van der Waals surface area contributed by atoms with E-state index in [1.807, 2.05) is 0 Å². The number of rotatable bonds is 10. The molecule has 1 saturated heterocycles. The Bertz CT molecular complexity index is 1360. The van der Waals surface area contributed by atoms with Gasteiger partial charge in [0.05, 0.1) is 19.3 Å². The quantitative estimate of drug-likeness (QED) is 0.221. The van der Waals surface area contributed by atoms with Crippen LogP contribution < -0.4 is 16.6 Å². The molecule has 2 rings (SSSR count). The second-order valence-corrected chi connectivity index (χ2v) is 9.07. The van der Waals surface area contributed by atoms with Gasteiger partial charge in [0.15, 0.2) is 12.2 Å². The van der Waals surface area contributed by atoms with Gasteiger partial charge < -0.3 is 33.7 Å². The van der Waals surface area contributed by atoms with E-state index in [0.717, 1.165) is 41.7 Å². The van der Waals surface area contributed by atoms with Crippen LogP contribution in [-0.4, -0.2) is 89.5 Å². The van der Waals surface area contributed by atoms with Crippen LogP contribution in [0.3, 0.4) is 0 Å². The van der Waals surface area contributed by atoms with Crippen LogP contribution in [0.2, 0.25) is 0 Å². The minimum absolute atomic E-state index is 0.320. The summed E-state index contributed by atoms with van der Waals surface area (Å²) in [4.78, 5) is 99.8. The molecule has 1 fully saturated rings. The third kappa shape index (κ3) is 7.99. The molecule has 0 aromatic carbocycles. The number of amides is 1. The molecule has 0 unspecified atom stereocenters. The number of esters is 5. The highest BCUT2D eigenvalue weighted by atomic mass is 19.1. The lowest BCUT2D eigenvalue weighted by molar-refractivity contribution is -0.264. The van der Waals surface area contributed by atoms with Gasteiger partial charge in [-0.05, 0) is 0 Å². The van der Waals surface area contributed by atoms with Gasteiger partial charge >= 0.3 is 35.5 Å². The number of nitrogens with zero attached hydrogens (tertiary/aromatic N) is 1. The number of nitrogens with one attached hydrogen (secondary N) is 2. The van der Waals surface area contributed by atoms with E-state index in [-0.39, 0.29) is 0 Å². The minimum Gasteiger partial charge on any atom is -0.465 e. The standard InChI is InChI=1S/C24H30FN3O14/c1-10(29)26-18-16(39-12(3)31)7-24(22(35)37-6,28-8-15(25)21(34)27-23(28)36)42-20(18)19(41-14(5)33)17(40-13(4)32)9-38-11(2)30/h8,16-20H,7,9H2,1-6H3,(H,26,29)(H,27,34,36)/t16-,17+,18+,19-,20+,24+/m0/s1. The third-order valence-electron chi connectivity index (χ3n) is 5.80. The fourth-order valence-corrected chi connectivity index (χ4v) is 4.38. The summed E-state index contributed by atoms with van der Waals surface area (Å²) in [5.74, 6) is -7.42. The molecule has 42 heavy (non-hydrogen) atoms. The van der Waals surface area contributed by atoms with E-state index in [9.17, 15) is 42.7 Å². The van der Waals surface area contributed by atoms with Gasteiger partial charge in [-0.3, -0.25) is 38.3 Å². The zero-order chi connectivity index (χ0) is 31.9. The summed E-state index contributed by atoms with van der Waals surface area (Å²) in [6.07, 6.45) is -7.49. The van der Waals surface area contributed by atoms with Crippen LogP contribution >= 0.6 is 0 Å². The maximum absolute atomic E-state index is 14.5. The Kier molecular flexibility index (Phi) is 11.1. The normalized spacial score (nSPS) is 23.0. The third-order valence-corrected chi connectivity index (χ3v) is 5.80. The molecule has 1 amide bonds. The average molecular weight is 604 g/mol. The van der Waals surface area contributed by atoms with Crippen molar-refractivity contribution >= 4 is 35.8 Å². The van der Waals surface area contributed by atoms with Crippen LogP contribution in [-0.2, 0) is 62.9 Å². The van der Waals surface area contributed by atoms with Crippen LogP contribution in [0.25, 0.3) is 0 Å². The van der Waals surface area contributed by atoms with Crippen molar-refractivity contribution in [2.75, 3.05) is 13.7 Å². The molecule has 1 aromatic heterocycles. The van der Waals surface area contributed by atoms with Crippen LogP contribution in [0.4, 0.5) is 4.39 Å². The molecule has 6 atom stereocenters. The van der Waals surface area contributed by atoms with Crippen molar-refractivity contribution in [1.82, 2.24) is 14.9 Å². The summed E-state index contributed by atoms with van der Waals surface area (Å²) in [5.41, 5.74) is -5.56. The molecule has 0 saturated carbocycles. The smallest absolute Gasteiger partial charge is 0.360 e. The number of H-pyrrole nitrogens is 1. The summed E-state index contributed by atoms with van der Waals surface area (Å²) in [6.45, 7) is 4.25. The second kappa shape index (κ2) is 13.8. The Morgan fingerprint density at radius 3 is 2.17 bits per heavy atom. The highest BCUT2D eigenvalue weighted by Gasteiger charge is 2.60. The zero-order valence-electron chi connectivity index (χ0n) is 23.4. The maximum atomic E-state index is 14.5. The number of hydrogen-bond acceptors (Lipinski definition) is 14. The Morgan fingerprint density at radius 2 is 1.67 bits per heavy atom. The predicted octanol–water partition coefficient (Wildman–Crippen LogP) is -1.85. The van der Waals surface area contributed by atoms with Gasteiger partial charge in [0, 0.05) is 41.0 Å². The van der Waals surface area contributed by atoms with Gasteiger partial charge in [-0.25, -0.2) is 9.59 Å². The molecule has 17 nitrogen and oxygen atoms in total. The molecular formula is C24H30FN3O14. The predicted molar refractivity (Wildman–Crippen MR) is 132 cm³/mol. The van der Waals surface area contributed by atoms with Crippen LogP contribution in [0, 0.1) is 5.82 Å². The highest BCUT2D eigenvalue weighted by molar-refractivity contribution is 5.78. The second-order valence-electron chi connectivity index (χ2n) is 9.07. The lowest BCUT2D eigenvalue weighted by Gasteiger charge is -2.49. The largest absolute Gasteiger partial charge is 0.465 e. The van der Waals surface area contributed by atoms with Crippen molar-refractivity contribution in [2.45, 2.75) is 77.2 Å². The molecule has 232 valence electrons. The maximum Gasteiger partial charge on any atom is 0.360 e. The number of ether oxygens (including phenoxy) is 6. The lowest BCUT2D eigenvalue weighted by Crippen LogP contribution is -2.70. The number of hydrogen-bond donors (Lipinski definition) is 2. The lowest BCUT2D eigenvalue weighted by atomic mass is 9.86. The topological polar surface area (TPSA) is 225 Å². The van der Waals surface area contributed by atoms with Crippen molar-refractivity contribution in [1.29, 1.82) is 0 Å². The van der Waals surface area contributed by atoms with E-state index in [1.54, 1.807) is 4.98 Å². The van der Waals surface area contributed by atoms with Crippen molar-refractivity contribution in [2.24, 2.45) is 0 Å². The molecule has 1 aliphatic heterocycles. The molecule has 18 heteroatoms. The number of carbonyl (C=O) groups is 6. The van der Waals surface area contributed by atoms with Crippen molar-refractivity contribution in [3.8, 4) is 0 Å². The van der Waals surface area contributed by atoms with Gasteiger partial charge in [-0.2, -0.15) is 4.39 Å². The molecule has 1 aliphatic rings. The zero-order valence-corrected chi connectivity index (χ0v) is 23.4. The fourth-order valence-electron chi connectivity index (χ4n) is 4.38. The van der Waals surface area contributed by atoms with Crippen molar-refractivity contribution in [3.05, 3.63) is 32.9 Å². The van der Waals surface area contributed by atoms with Crippen molar-refractivity contribution in [3.63, 3.8) is 0 Å². The number of aromatic nitrogens is 2. The monoisotopic (exact) mass is 603 g/mol. The highest BCUT2D eigenvalue weighted by Crippen LogP contribution is 2.38. The Labute approximate surface area is 236 Å². The number of methoxy groups -OCH3 is 1. The average Bonchev–Trinajstić information content (AvgIpc) is 2.87. The van der Waals surface area contributed by atoms with Gasteiger partial charge in [-0.1, -0.05) is 0 Å². The molecular weight excluding hydrogens is 573 g/mol. The van der Waals surface area contributed by atoms with Gasteiger partial charge in [0.25, 0.3) is 11.3 Å². The number of carbonyl (C=O) groups excluding carboxylic acids is 6. The Morgan fingerprint density at radius 1 is 1.05 bits per heavy atom. The molecule has 0 aliphatic carbocycles. The first-order valence-electron chi connectivity index (χ1n) is 12.2. The minimum atomic E-state index is -2.75.